The van der Waals surface area contributed by atoms with Crippen molar-refractivity contribution >= 4 is 6.98 Å². The largest absolute Gasteiger partial charge is 0.481 e. The first-order valence-electron chi connectivity index (χ1n) is 5.43. The van der Waals surface area contributed by atoms with Gasteiger partial charge < -0.3 is 18.3 Å². The lowest BCUT2D eigenvalue weighted by Crippen LogP contribution is -2.34. The third-order valence-corrected chi connectivity index (χ3v) is 3.96. The highest BCUT2D eigenvalue weighted by Crippen LogP contribution is 2.49. The third kappa shape index (κ3) is 1.92. The summed E-state index contributed by atoms with van der Waals surface area (Å²) in [5, 5.41) is 3.26. The first kappa shape index (κ1) is 10.3. The van der Waals surface area contributed by atoms with E-state index in [9.17, 15) is 12.9 Å². The zero-order valence-corrected chi connectivity index (χ0v) is 8.24. The smallest absolute Gasteiger partial charge is 0.449 e. The molecule has 0 unspecified atom stereocenters. The lowest BCUT2D eigenvalue weighted by atomic mass is 9.59. The predicted octanol–water partition coefficient (Wildman–Crippen LogP) is 2.76. The van der Waals surface area contributed by atoms with Crippen LogP contribution in [0.15, 0.2) is 0 Å². The van der Waals surface area contributed by atoms with Gasteiger partial charge in [0.05, 0.1) is 0 Å². The molecule has 1 nitrogen and oxygen atoms in total. The second kappa shape index (κ2) is 3.44. The Balaban J connectivity index is 1.92. The number of nitrogens with one attached hydrogen (secondary N) is 1. The summed E-state index contributed by atoms with van der Waals surface area (Å²) in [6, 6.07) is 0. The molecular weight excluding hydrogens is 190 g/mol. The van der Waals surface area contributed by atoms with E-state index in [1.165, 1.54) is 0 Å². The molecule has 0 aromatic heterocycles. The summed E-state index contributed by atoms with van der Waals surface area (Å²) in [5.74, 6) is -0.971. The van der Waals surface area contributed by atoms with Crippen molar-refractivity contribution in [3.63, 3.8) is 0 Å². The molecule has 1 saturated heterocycles. The van der Waals surface area contributed by atoms with Crippen molar-refractivity contribution in [2.24, 2.45) is 5.41 Å². The van der Waals surface area contributed by atoms with Gasteiger partial charge in [0.15, 0.2) is 0 Å². The van der Waals surface area contributed by atoms with Crippen molar-refractivity contribution in [2.45, 2.75) is 37.9 Å². The van der Waals surface area contributed by atoms with Gasteiger partial charge in [0.25, 0.3) is 0 Å². The molecule has 2 aliphatic rings. The van der Waals surface area contributed by atoms with Gasteiger partial charge in [0.2, 0.25) is 0 Å². The molecule has 1 heterocycles. The molecule has 0 amide bonds. The van der Waals surface area contributed by atoms with Gasteiger partial charge in [-0.3, -0.25) is 0 Å². The van der Waals surface area contributed by atoms with E-state index in [1.807, 2.05) is 0 Å². The van der Waals surface area contributed by atoms with Crippen LogP contribution in [0.4, 0.5) is 12.9 Å². The van der Waals surface area contributed by atoms with Crippen LogP contribution in [0, 0.1) is 5.41 Å². The molecule has 2 rings (SSSR count). The Labute approximate surface area is 82.5 Å². The molecule has 1 N–H and O–H groups in total. The maximum atomic E-state index is 12.5. The predicted molar refractivity (Wildman–Crippen MR) is 51.2 cm³/mol. The second-order valence-corrected chi connectivity index (χ2v) is 4.89. The van der Waals surface area contributed by atoms with Crippen LogP contribution < -0.4 is 5.32 Å². The molecular formula is C9H16BF3N-. The molecule has 2 fully saturated rings. The van der Waals surface area contributed by atoms with Gasteiger partial charge in [0, 0.05) is 6.54 Å². The fraction of sp³-hybridized carbons (Fsp3) is 1.00. The monoisotopic (exact) mass is 206 g/mol. The first-order valence-corrected chi connectivity index (χ1v) is 5.43. The average Bonchev–Trinajstić information content (AvgIpc) is 2.53. The lowest BCUT2D eigenvalue weighted by molar-refractivity contribution is 0.200. The van der Waals surface area contributed by atoms with E-state index in [1.54, 1.807) is 0 Å². The van der Waals surface area contributed by atoms with Gasteiger partial charge in [0.1, 0.15) is 0 Å². The summed E-state index contributed by atoms with van der Waals surface area (Å²) in [6.07, 6.45) is 3.35. The van der Waals surface area contributed by atoms with Crippen LogP contribution in [0.2, 0.25) is 5.82 Å². The molecule has 82 valence electrons. The molecule has 0 radical (unpaired) electrons. The van der Waals surface area contributed by atoms with Crippen molar-refractivity contribution in [2.75, 3.05) is 13.1 Å². The molecule has 1 saturated carbocycles. The SMILES string of the molecule is F[B-](F)(F)C1CCC2(CCNC2)CC1. The van der Waals surface area contributed by atoms with Crippen LogP contribution in [-0.4, -0.2) is 20.1 Å². The maximum Gasteiger partial charge on any atom is 0.481 e. The molecule has 14 heavy (non-hydrogen) atoms. The minimum absolute atomic E-state index is 0.220. The van der Waals surface area contributed by atoms with Crippen LogP contribution in [0.1, 0.15) is 32.1 Å². The Bertz CT molecular complexity index is 201. The summed E-state index contributed by atoms with van der Waals surface area (Å²) in [4.78, 5) is 0. The Morgan fingerprint density at radius 2 is 1.71 bits per heavy atom. The first-order chi connectivity index (χ1) is 6.52. The highest BCUT2D eigenvalue weighted by Gasteiger charge is 2.43. The van der Waals surface area contributed by atoms with Gasteiger partial charge in [-0.25, -0.2) is 0 Å². The molecule has 0 aromatic rings. The lowest BCUT2D eigenvalue weighted by Gasteiger charge is -2.40. The van der Waals surface area contributed by atoms with Crippen LogP contribution >= 0.6 is 0 Å². The fourth-order valence-electron chi connectivity index (χ4n) is 2.85. The number of halogens is 3. The Morgan fingerprint density at radius 1 is 1.07 bits per heavy atom. The average molecular weight is 206 g/mol. The van der Waals surface area contributed by atoms with Crippen molar-refractivity contribution in [1.82, 2.24) is 5.32 Å². The highest BCUT2D eigenvalue weighted by atomic mass is 19.4. The maximum absolute atomic E-state index is 12.5. The van der Waals surface area contributed by atoms with Gasteiger partial charge in [-0.2, -0.15) is 0 Å². The van der Waals surface area contributed by atoms with Gasteiger partial charge >= 0.3 is 6.98 Å². The Morgan fingerprint density at radius 3 is 2.14 bits per heavy atom. The summed E-state index contributed by atoms with van der Waals surface area (Å²) >= 11 is 0. The van der Waals surface area contributed by atoms with Gasteiger partial charge in [-0.1, -0.05) is 18.7 Å². The van der Waals surface area contributed by atoms with E-state index in [-0.39, 0.29) is 5.41 Å². The molecule has 0 bridgehead atoms. The van der Waals surface area contributed by atoms with Crippen molar-refractivity contribution in [3.8, 4) is 0 Å². The standard InChI is InChI=1S/C9H16BF3N/c11-10(12,13)8-1-3-9(4-2-8)5-6-14-7-9/h8,14H,1-7H2/q-1. The van der Waals surface area contributed by atoms with Crippen LogP contribution in [-0.2, 0) is 0 Å². The van der Waals surface area contributed by atoms with E-state index >= 15 is 0 Å². The Hall–Kier alpha value is -0.185. The second-order valence-electron chi connectivity index (χ2n) is 4.89. The van der Waals surface area contributed by atoms with Crippen LogP contribution in [0.5, 0.6) is 0 Å². The van der Waals surface area contributed by atoms with Crippen LogP contribution in [0.3, 0.4) is 0 Å². The molecule has 0 aromatic carbocycles. The normalized spacial score (nSPS) is 39.2. The minimum atomic E-state index is -4.59. The van der Waals surface area contributed by atoms with Crippen LogP contribution in [0.25, 0.3) is 0 Å². The summed E-state index contributed by atoms with van der Waals surface area (Å²) < 4.78 is 37.4. The van der Waals surface area contributed by atoms with Crippen molar-refractivity contribution in [1.29, 1.82) is 0 Å². The topological polar surface area (TPSA) is 12.0 Å². The number of hydrogen-bond acceptors (Lipinski definition) is 1. The minimum Gasteiger partial charge on any atom is -0.449 e. The van der Waals surface area contributed by atoms with Crippen molar-refractivity contribution < 1.29 is 12.9 Å². The van der Waals surface area contributed by atoms with Gasteiger partial charge in [-0.15, -0.1) is 0 Å². The molecule has 5 heteroatoms. The quantitative estimate of drug-likeness (QED) is 0.650. The zero-order chi connectivity index (χ0) is 10.2. The van der Waals surface area contributed by atoms with Crippen molar-refractivity contribution in [3.05, 3.63) is 0 Å². The van der Waals surface area contributed by atoms with Gasteiger partial charge in [-0.05, 0) is 31.2 Å². The number of rotatable bonds is 1. The highest BCUT2D eigenvalue weighted by molar-refractivity contribution is 6.60. The van der Waals surface area contributed by atoms with E-state index < -0.39 is 12.8 Å². The molecule has 1 aliphatic carbocycles. The van der Waals surface area contributed by atoms with E-state index in [4.69, 9.17) is 0 Å². The summed E-state index contributed by atoms with van der Waals surface area (Å²) in [6.45, 7) is -2.66. The Kier molecular flexibility index (Phi) is 2.54. The number of hydrogen-bond donors (Lipinski definition) is 1. The molecule has 1 spiro atoms. The van der Waals surface area contributed by atoms with E-state index in [2.05, 4.69) is 5.32 Å². The van der Waals surface area contributed by atoms with E-state index in [0.717, 1.165) is 32.4 Å². The fourth-order valence-corrected chi connectivity index (χ4v) is 2.85. The summed E-state index contributed by atoms with van der Waals surface area (Å²) in [7, 11) is 0. The molecule has 0 atom stereocenters. The molecule has 1 aliphatic heterocycles. The van der Waals surface area contributed by atoms with E-state index in [0.29, 0.717) is 12.8 Å². The zero-order valence-electron chi connectivity index (χ0n) is 8.24. The summed E-state index contributed by atoms with van der Waals surface area (Å²) in [5.41, 5.74) is 0.220. The third-order valence-electron chi connectivity index (χ3n) is 3.96.